The average Bonchev–Trinajstić information content (AvgIpc) is 2.75. The third-order valence-electron chi connectivity index (χ3n) is 5.48. The summed E-state index contributed by atoms with van der Waals surface area (Å²) in [4.78, 5) is 25.1. The van der Waals surface area contributed by atoms with Crippen molar-refractivity contribution in [3.8, 4) is 0 Å². The smallest absolute Gasteiger partial charge is 0.273 e. The van der Waals surface area contributed by atoms with E-state index in [1.165, 1.54) is 22.5 Å². The highest BCUT2D eigenvalue weighted by atomic mass is 35.5. The molecule has 1 fully saturated rings. The largest absolute Gasteiger partial charge is 0.284 e. The number of aryl methyl sites for hydroxylation is 1. The first-order chi connectivity index (χ1) is 15.0. The molecule has 1 saturated heterocycles. The second kappa shape index (κ2) is 11.3. The summed E-state index contributed by atoms with van der Waals surface area (Å²) in [7, 11) is 0. The summed E-state index contributed by atoms with van der Waals surface area (Å²) in [6.45, 7) is 1.94. The van der Waals surface area contributed by atoms with Gasteiger partial charge < -0.3 is 0 Å². The zero-order valence-corrected chi connectivity index (χ0v) is 19.2. The fraction of sp³-hybridized carbons (Fsp3) is 0.375. The van der Waals surface area contributed by atoms with Crippen LogP contribution < -0.4 is 0 Å². The Morgan fingerprint density at radius 1 is 1.03 bits per heavy atom. The third kappa shape index (κ3) is 6.05. The topological polar surface area (TPSA) is 57.7 Å². The third-order valence-corrected chi connectivity index (χ3v) is 6.34. The number of hydrazine groups is 1. The number of carbonyl (C=O) groups excluding carboxylic acids is 2. The zero-order chi connectivity index (χ0) is 22.2. The van der Waals surface area contributed by atoms with Crippen LogP contribution in [-0.2, 0) is 33.7 Å². The van der Waals surface area contributed by atoms with Crippen molar-refractivity contribution >= 4 is 39.5 Å². The monoisotopic (exact) mass is 458 g/mol. The lowest BCUT2D eigenvalue weighted by Crippen LogP contribution is -2.69. The minimum absolute atomic E-state index is 0.180. The van der Waals surface area contributed by atoms with Gasteiger partial charge in [0.15, 0.2) is 0 Å². The molecule has 1 aliphatic heterocycles. The predicted molar refractivity (Wildman–Crippen MR) is 125 cm³/mol. The van der Waals surface area contributed by atoms with Gasteiger partial charge >= 0.3 is 0 Å². The molecule has 0 spiro atoms. The Morgan fingerprint density at radius 2 is 1.74 bits per heavy atom. The number of benzene rings is 2. The normalized spacial score (nSPS) is 15.5. The molecule has 2 aromatic carbocycles. The van der Waals surface area contributed by atoms with Gasteiger partial charge in [0.05, 0.1) is 0 Å². The number of halogens is 1. The van der Waals surface area contributed by atoms with Gasteiger partial charge in [0, 0.05) is 24.9 Å². The number of nitrogens with zero attached hydrogens (tertiary/aromatic N) is 2. The minimum atomic E-state index is -0.371. The molecule has 0 radical (unpaired) electrons. The molecule has 0 aliphatic carbocycles. The van der Waals surface area contributed by atoms with Crippen molar-refractivity contribution in [2.75, 3.05) is 6.54 Å². The van der Waals surface area contributed by atoms with Gasteiger partial charge in [0.2, 0.25) is 5.91 Å². The highest BCUT2D eigenvalue weighted by Crippen LogP contribution is 2.24. The minimum Gasteiger partial charge on any atom is -0.273 e. The summed E-state index contributed by atoms with van der Waals surface area (Å²) < 4.78 is 11.5. The fourth-order valence-electron chi connectivity index (χ4n) is 3.88. The molecule has 2 aromatic rings. The Morgan fingerprint density at radius 3 is 2.42 bits per heavy atom. The van der Waals surface area contributed by atoms with Crippen LogP contribution in [0.1, 0.15) is 43.7 Å². The van der Waals surface area contributed by atoms with E-state index >= 15 is 0 Å². The van der Waals surface area contributed by atoms with Gasteiger partial charge in [-0.1, -0.05) is 66.9 Å². The number of unbranched alkanes of at least 4 members (excludes halogenated alkanes) is 3. The molecule has 5 nitrogen and oxygen atoms in total. The average molecular weight is 459 g/mol. The molecule has 31 heavy (non-hydrogen) atoms. The SMILES string of the molecule is CC(=O)N(CCCCCCc1cccc(Cl)c1)N1C(=O)C(=S=O)C1Cc1ccccc1. The van der Waals surface area contributed by atoms with Gasteiger partial charge in [-0.05, 0) is 42.5 Å². The quantitative estimate of drug-likeness (QED) is 0.306. The zero-order valence-electron chi connectivity index (χ0n) is 17.6. The summed E-state index contributed by atoms with van der Waals surface area (Å²) in [6.07, 6.45) is 5.34. The summed E-state index contributed by atoms with van der Waals surface area (Å²) in [5, 5.41) is 3.74. The van der Waals surface area contributed by atoms with E-state index in [4.69, 9.17) is 11.6 Å². The Hall–Kier alpha value is -2.44. The first-order valence-electron chi connectivity index (χ1n) is 10.6. The fourth-order valence-corrected chi connectivity index (χ4v) is 4.55. The maximum Gasteiger partial charge on any atom is 0.284 e. The Balaban J connectivity index is 1.52. The molecule has 0 aromatic heterocycles. The number of β-lactam (4-membered cyclic amide) rings is 1. The van der Waals surface area contributed by atoms with E-state index in [2.05, 4.69) is 6.07 Å². The van der Waals surface area contributed by atoms with Crippen molar-refractivity contribution in [2.24, 2.45) is 0 Å². The molecule has 1 heterocycles. The maximum absolute atomic E-state index is 12.5. The maximum atomic E-state index is 12.5. The van der Waals surface area contributed by atoms with E-state index in [0.29, 0.717) is 13.0 Å². The summed E-state index contributed by atoms with van der Waals surface area (Å²) in [6, 6.07) is 17.2. The van der Waals surface area contributed by atoms with Crippen LogP contribution in [0.4, 0.5) is 0 Å². The van der Waals surface area contributed by atoms with Crippen LogP contribution in [0.3, 0.4) is 0 Å². The molecule has 0 N–H and O–H groups in total. The van der Waals surface area contributed by atoms with Crippen LogP contribution in [0.25, 0.3) is 0 Å². The lowest BCUT2D eigenvalue weighted by Gasteiger charge is -2.46. The Kier molecular flexibility index (Phi) is 8.43. The number of rotatable bonds is 10. The molecule has 3 rings (SSSR count). The van der Waals surface area contributed by atoms with Crippen LogP contribution in [0.2, 0.25) is 5.02 Å². The van der Waals surface area contributed by atoms with Crippen molar-refractivity contribution in [3.05, 3.63) is 70.7 Å². The lowest BCUT2D eigenvalue weighted by atomic mass is 9.96. The van der Waals surface area contributed by atoms with Crippen molar-refractivity contribution < 1.29 is 13.8 Å². The van der Waals surface area contributed by atoms with Crippen molar-refractivity contribution in [2.45, 2.75) is 51.5 Å². The second-order valence-corrected chi connectivity index (χ2v) is 8.78. The molecule has 0 saturated carbocycles. The highest BCUT2D eigenvalue weighted by molar-refractivity contribution is 7.69. The van der Waals surface area contributed by atoms with Gasteiger partial charge in [-0.2, -0.15) is 0 Å². The molecule has 7 heteroatoms. The van der Waals surface area contributed by atoms with E-state index in [9.17, 15) is 13.8 Å². The second-order valence-electron chi connectivity index (χ2n) is 7.74. The summed E-state index contributed by atoms with van der Waals surface area (Å²) >= 11 is 6.27. The number of amides is 2. The van der Waals surface area contributed by atoms with Crippen LogP contribution >= 0.6 is 11.6 Å². The van der Waals surface area contributed by atoms with Gasteiger partial charge in [-0.3, -0.25) is 14.6 Å². The van der Waals surface area contributed by atoms with E-state index in [1.807, 2.05) is 48.5 Å². The van der Waals surface area contributed by atoms with Gasteiger partial charge in [-0.15, -0.1) is 0 Å². The first kappa shape index (κ1) is 23.2. The van der Waals surface area contributed by atoms with Gasteiger partial charge in [-0.25, -0.2) is 9.22 Å². The van der Waals surface area contributed by atoms with Crippen LogP contribution in [0.5, 0.6) is 0 Å². The number of hydrogen-bond acceptors (Lipinski definition) is 3. The van der Waals surface area contributed by atoms with Crippen LogP contribution in [0, 0.1) is 0 Å². The standard InChI is InChI=1S/C24H27ClN2O3S/c1-18(28)26(15-8-3-2-5-10-19-13-9-14-21(25)16-19)27-22(23(31-30)24(27)29)17-20-11-6-4-7-12-20/h4,6-7,9,11-14,16,22H,2-3,5,8,10,15,17H2,1H3. The molecule has 0 bridgehead atoms. The van der Waals surface area contributed by atoms with Gasteiger partial charge in [0.1, 0.15) is 22.2 Å². The summed E-state index contributed by atoms with van der Waals surface area (Å²) in [5.74, 6) is -0.530. The lowest BCUT2D eigenvalue weighted by molar-refractivity contribution is -0.166. The van der Waals surface area contributed by atoms with E-state index in [-0.39, 0.29) is 34.0 Å². The Bertz CT molecular complexity index is 976. The molecule has 2 amide bonds. The molecule has 1 aliphatic rings. The molecular formula is C24H27ClN2O3S. The molecular weight excluding hydrogens is 432 g/mol. The molecule has 1 unspecified atom stereocenters. The van der Waals surface area contributed by atoms with Gasteiger partial charge in [0.25, 0.3) is 5.91 Å². The Labute approximate surface area is 192 Å². The van der Waals surface area contributed by atoms with Crippen molar-refractivity contribution in [3.63, 3.8) is 0 Å². The molecule has 1 atom stereocenters. The van der Waals surface area contributed by atoms with E-state index in [0.717, 1.165) is 42.7 Å². The highest BCUT2D eigenvalue weighted by Gasteiger charge is 2.47. The number of carbonyl (C=O) groups is 2. The molecule has 164 valence electrons. The van der Waals surface area contributed by atoms with Crippen molar-refractivity contribution in [1.82, 2.24) is 10.0 Å². The summed E-state index contributed by atoms with van der Waals surface area (Å²) in [5.41, 5.74) is 2.26. The first-order valence-corrected chi connectivity index (χ1v) is 11.7. The van der Waals surface area contributed by atoms with Crippen LogP contribution in [-0.4, -0.2) is 43.5 Å². The predicted octanol–water partition coefficient (Wildman–Crippen LogP) is 4.05. The van der Waals surface area contributed by atoms with E-state index < -0.39 is 0 Å². The van der Waals surface area contributed by atoms with Crippen molar-refractivity contribution in [1.29, 1.82) is 0 Å². The van der Waals surface area contributed by atoms with Crippen LogP contribution in [0.15, 0.2) is 54.6 Å². The number of hydrogen-bond donors (Lipinski definition) is 0. The van der Waals surface area contributed by atoms with E-state index in [1.54, 1.807) is 0 Å².